The van der Waals surface area contributed by atoms with Crippen molar-refractivity contribution in [3.05, 3.63) is 58.1 Å². The van der Waals surface area contributed by atoms with Crippen molar-refractivity contribution in [3.8, 4) is 0 Å². The van der Waals surface area contributed by atoms with Crippen LogP contribution in [0, 0.1) is 0 Å². The second kappa shape index (κ2) is 6.11. The molecule has 0 aliphatic heterocycles. The Labute approximate surface area is 141 Å². The number of rotatable bonds is 3. The summed E-state index contributed by atoms with van der Waals surface area (Å²) in [6.45, 7) is 6.06. The van der Waals surface area contributed by atoms with E-state index >= 15 is 0 Å². The Morgan fingerprint density at radius 1 is 0.955 bits per heavy atom. The normalized spacial score (nSPS) is 12.2. The maximum atomic E-state index is 12.6. The summed E-state index contributed by atoms with van der Waals surface area (Å²) in [7, 11) is -3.82. The molecule has 6 heteroatoms. The van der Waals surface area contributed by atoms with Crippen LogP contribution < -0.4 is 4.72 Å². The van der Waals surface area contributed by atoms with Crippen molar-refractivity contribution in [2.45, 2.75) is 31.1 Å². The Morgan fingerprint density at radius 3 is 2.23 bits per heavy atom. The molecular weight excluding hydrogens is 341 g/mol. The Kier molecular flexibility index (Phi) is 4.76. The van der Waals surface area contributed by atoms with Crippen LogP contribution in [0.4, 0.5) is 5.69 Å². The fourth-order valence-electron chi connectivity index (χ4n) is 2.12. The number of hydrogen-bond donors (Lipinski definition) is 1. The molecule has 0 bridgehead atoms. The van der Waals surface area contributed by atoms with Crippen molar-refractivity contribution < 1.29 is 8.42 Å². The highest BCUT2D eigenvalue weighted by molar-refractivity contribution is 7.92. The van der Waals surface area contributed by atoms with Crippen molar-refractivity contribution in [2.24, 2.45) is 0 Å². The average Bonchev–Trinajstić information content (AvgIpc) is 2.40. The van der Waals surface area contributed by atoms with E-state index in [-0.39, 0.29) is 20.4 Å². The quantitative estimate of drug-likeness (QED) is 0.831. The van der Waals surface area contributed by atoms with E-state index in [1.54, 1.807) is 24.3 Å². The molecule has 0 atom stereocenters. The SMILES string of the molecule is CC(C)(C)c1ccccc1NS(=O)(=O)c1cccc(Cl)c1Cl. The predicted molar refractivity (Wildman–Crippen MR) is 92.4 cm³/mol. The van der Waals surface area contributed by atoms with Gasteiger partial charge in [0.05, 0.1) is 15.7 Å². The van der Waals surface area contributed by atoms with Crippen LogP contribution in [-0.2, 0) is 15.4 Å². The first-order chi connectivity index (χ1) is 10.1. The molecule has 0 unspecified atom stereocenters. The Balaban J connectivity index is 2.49. The minimum atomic E-state index is -3.82. The number of anilines is 1. The molecule has 0 radical (unpaired) electrons. The molecule has 118 valence electrons. The highest BCUT2D eigenvalue weighted by atomic mass is 35.5. The molecule has 2 rings (SSSR count). The number of halogens is 2. The van der Waals surface area contributed by atoms with Gasteiger partial charge in [0.25, 0.3) is 10.0 Å². The second-order valence-corrected chi connectivity index (χ2v) is 8.39. The third kappa shape index (κ3) is 3.57. The molecule has 0 saturated heterocycles. The number of para-hydroxylation sites is 1. The number of benzene rings is 2. The molecule has 0 fully saturated rings. The number of sulfonamides is 1. The molecule has 0 saturated carbocycles. The average molecular weight is 358 g/mol. The summed E-state index contributed by atoms with van der Waals surface area (Å²) in [5, 5.41) is 0.221. The van der Waals surface area contributed by atoms with Crippen LogP contribution in [0.2, 0.25) is 10.0 Å². The molecule has 0 aliphatic carbocycles. The lowest BCUT2D eigenvalue weighted by Crippen LogP contribution is -2.19. The van der Waals surface area contributed by atoms with Gasteiger partial charge in [-0.3, -0.25) is 4.72 Å². The molecule has 3 nitrogen and oxygen atoms in total. The van der Waals surface area contributed by atoms with Gasteiger partial charge in [-0.05, 0) is 29.2 Å². The minimum Gasteiger partial charge on any atom is -0.279 e. The van der Waals surface area contributed by atoms with Gasteiger partial charge in [0.2, 0.25) is 0 Å². The molecule has 0 aliphatic rings. The zero-order valence-corrected chi connectivity index (χ0v) is 14.9. The van der Waals surface area contributed by atoms with Gasteiger partial charge in [0.15, 0.2) is 0 Å². The maximum absolute atomic E-state index is 12.6. The van der Waals surface area contributed by atoms with Gasteiger partial charge in [-0.15, -0.1) is 0 Å². The number of hydrogen-bond acceptors (Lipinski definition) is 2. The molecule has 22 heavy (non-hydrogen) atoms. The van der Waals surface area contributed by atoms with Gasteiger partial charge in [-0.2, -0.15) is 0 Å². The monoisotopic (exact) mass is 357 g/mol. The van der Waals surface area contributed by atoms with Gasteiger partial charge in [0.1, 0.15) is 4.90 Å². The minimum absolute atomic E-state index is 0.0184. The standard InChI is InChI=1S/C16H17Cl2NO2S/c1-16(2,3)11-7-4-5-9-13(11)19-22(20,21)14-10-6-8-12(17)15(14)18/h4-10,19H,1-3H3. The van der Waals surface area contributed by atoms with Crippen molar-refractivity contribution in [1.82, 2.24) is 0 Å². The molecule has 0 aromatic heterocycles. The van der Waals surface area contributed by atoms with Gasteiger partial charge < -0.3 is 0 Å². The molecule has 0 heterocycles. The van der Waals surface area contributed by atoms with Crippen LogP contribution >= 0.6 is 23.2 Å². The highest BCUT2D eigenvalue weighted by Gasteiger charge is 2.23. The van der Waals surface area contributed by atoms with Crippen molar-refractivity contribution in [1.29, 1.82) is 0 Å². The van der Waals surface area contributed by atoms with E-state index in [0.717, 1.165) is 5.56 Å². The van der Waals surface area contributed by atoms with Crippen molar-refractivity contribution in [2.75, 3.05) is 4.72 Å². The second-order valence-electron chi connectivity index (χ2n) is 5.95. The van der Waals surface area contributed by atoms with E-state index in [1.165, 1.54) is 6.07 Å². The largest absolute Gasteiger partial charge is 0.279 e. The van der Waals surface area contributed by atoms with Crippen molar-refractivity contribution in [3.63, 3.8) is 0 Å². The van der Waals surface area contributed by atoms with E-state index in [9.17, 15) is 8.42 Å². The molecule has 2 aromatic rings. The van der Waals surface area contributed by atoms with E-state index < -0.39 is 10.0 Å². The smallest absolute Gasteiger partial charge is 0.263 e. The summed E-state index contributed by atoms with van der Waals surface area (Å²) in [5.74, 6) is 0. The van der Waals surface area contributed by atoms with Crippen LogP contribution in [0.25, 0.3) is 0 Å². The zero-order valence-electron chi connectivity index (χ0n) is 12.5. The van der Waals surface area contributed by atoms with E-state index in [2.05, 4.69) is 4.72 Å². The highest BCUT2D eigenvalue weighted by Crippen LogP contribution is 2.33. The lowest BCUT2D eigenvalue weighted by molar-refractivity contribution is 0.590. The summed E-state index contributed by atoms with van der Waals surface area (Å²) in [4.78, 5) is -0.0367. The molecule has 0 spiro atoms. The van der Waals surface area contributed by atoms with Gasteiger partial charge in [0, 0.05) is 0 Å². The zero-order chi connectivity index (χ0) is 16.5. The topological polar surface area (TPSA) is 46.2 Å². The van der Waals surface area contributed by atoms with E-state index in [1.807, 2.05) is 32.9 Å². The predicted octanol–water partition coefficient (Wildman–Crippen LogP) is 5.09. The van der Waals surface area contributed by atoms with Crippen LogP contribution in [0.5, 0.6) is 0 Å². The first-order valence-corrected chi connectivity index (χ1v) is 8.93. The maximum Gasteiger partial charge on any atom is 0.263 e. The molecule has 2 aromatic carbocycles. The number of nitrogens with one attached hydrogen (secondary N) is 1. The third-order valence-corrected chi connectivity index (χ3v) is 5.52. The van der Waals surface area contributed by atoms with Crippen molar-refractivity contribution >= 4 is 38.9 Å². The van der Waals surface area contributed by atoms with Crippen LogP contribution in [0.3, 0.4) is 0 Å². The lowest BCUT2D eigenvalue weighted by Gasteiger charge is -2.23. The molecule has 1 N–H and O–H groups in total. The van der Waals surface area contributed by atoms with E-state index in [4.69, 9.17) is 23.2 Å². The molecular formula is C16H17Cl2NO2S. The summed E-state index contributed by atoms with van der Waals surface area (Å²) in [6.07, 6.45) is 0. The van der Waals surface area contributed by atoms with Crippen LogP contribution in [-0.4, -0.2) is 8.42 Å². The van der Waals surface area contributed by atoms with Crippen LogP contribution in [0.1, 0.15) is 26.3 Å². The summed E-state index contributed by atoms with van der Waals surface area (Å²) >= 11 is 11.9. The summed E-state index contributed by atoms with van der Waals surface area (Å²) in [6, 6.07) is 11.8. The van der Waals surface area contributed by atoms with Gasteiger partial charge in [-0.25, -0.2) is 8.42 Å². The van der Waals surface area contributed by atoms with Crippen LogP contribution in [0.15, 0.2) is 47.4 Å². The van der Waals surface area contributed by atoms with Gasteiger partial charge in [-0.1, -0.05) is 68.2 Å². The summed E-state index contributed by atoms with van der Waals surface area (Å²) < 4.78 is 27.8. The van der Waals surface area contributed by atoms with Gasteiger partial charge >= 0.3 is 0 Å². The third-order valence-electron chi connectivity index (χ3n) is 3.19. The fraction of sp³-hybridized carbons (Fsp3) is 0.250. The lowest BCUT2D eigenvalue weighted by atomic mass is 9.86. The Bertz CT molecular complexity index is 796. The Hall–Kier alpha value is -1.23. The first kappa shape index (κ1) is 17.1. The molecule has 0 amide bonds. The summed E-state index contributed by atoms with van der Waals surface area (Å²) in [5.41, 5.74) is 1.24. The van der Waals surface area contributed by atoms with E-state index in [0.29, 0.717) is 5.69 Å². The first-order valence-electron chi connectivity index (χ1n) is 6.69. The Morgan fingerprint density at radius 2 is 1.59 bits per heavy atom. The fourth-order valence-corrected chi connectivity index (χ4v) is 3.96.